The lowest BCUT2D eigenvalue weighted by atomic mass is 10.5. The number of hydrogen-bond donors (Lipinski definition) is 2. The fraction of sp³-hybridized carbons (Fsp3) is 0.500. The van der Waals surface area contributed by atoms with Gasteiger partial charge in [-0.25, -0.2) is 4.98 Å². The van der Waals surface area contributed by atoms with Gasteiger partial charge in [0.15, 0.2) is 0 Å². The summed E-state index contributed by atoms with van der Waals surface area (Å²) in [5.41, 5.74) is 5.32. The maximum absolute atomic E-state index is 11.8. The molecule has 0 saturated heterocycles. The van der Waals surface area contributed by atoms with Crippen LogP contribution in [0.25, 0.3) is 0 Å². The molecule has 8 heteroatoms. The zero-order valence-corrected chi connectivity index (χ0v) is 8.29. The second-order valence-electron chi connectivity index (χ2n) is 3.07. The summed E-state index contributed by atoms with van der Waals surface area (Å²) in [6, 6.07) is 0. The third-order valence-electron chi connectivity index (χ3n) is 1.78. The summed E-state index contributed by atoms with van der Waals surface area (Å²) in [7, 11) is 0. The first-order valence-electron chi connectivity index (χ1n) is 4.46. The maximum Gasteiger partial charge on any atom is 0.405 e. The van der Waals surface area contributed by atoms with Crippen molar-refractivity contribution in [2.24, 2.45) is 5.73 Å². The van der Waals surface area contributed by atoms with Gasteiger partial charge in [0.2, 0.25) is 5.91 Å². The van der Waals surface area contributed by atoms with Gasteiger partial charge in [-0.2, -0.15) is 13.2 Å². The molecule has 0 aliphatic rings. The van der Waals surface area contributed by atoms with E-state index in [9.17, 15) is 18.0 Å². The molecule has 1 heterocycles. The highest BCUT2D eigenvalue weighted by Gasteiger charge is 2.27. The number of halogens is 3. The van der Waals surface area contributed by atoms with E-state index in [1.807, 2.05) is 0 Å². The van der Waals surface area contributed by atoms with Crippen molar-refractivity contribution in [3.05, 3.63) is 18.2 Å². The topological polar surface area (TPSA) is 72.9 Å². The molecular formula is C8H11F3N4O. The second-order valence-corrected chi connectivity index (χ2v) is 3.07. The average Bonchev–Trinajstić information content (AvgIpc) is 2.61. The Kier molecular flexibility index (Phi) is 3.88. The Morgan fingerprint density at radius 1 is 1.56 bits per heavy atom. The SMILES string of the molecule is NCc1nccn1CC(=O)NCC(F)(F)F. The molecule has 0 fully saturated rings. The van der Waals surface area contributed by atoms with Crippen LogP contribution in [0.5, 0.6) is 0 Å². The number of carbonyl (C=O) groups excluding carboxylic acids is 1. The van der Waals surface area contributed by atoms with Crippen molar-refractivity contribution in [2.45, 2.75) is 19.3 Å². The smallest absolute Gasteiger partial charge is 0.345 e. The highest BCUT2D eigenvalue weighted by molar-refractivity contribution is 5.75. The molecule has 1 aromatic heterocycles. The molecule has 3 N–H and O–H groups in total. The number of imidazole rings is 1. The van der Waals surface area contributed by atoms with Crippen LogP contribution in [0.15, 0.2) is 12.4 Å². The van der Waals surface area contributed by atoms with Crippen LogP contribution < -0.4 is 11.1 Å². The number of amides is 1. The van der Waals surface area contributed by atoms with Gasteiger partial charge in [0, 0.05) is 12.4 Å². The summed E-state index contributed by atoms with van der Waals surface area (Å²) >= 11 is 0. The number of hydrogen-bond acceptors (Lipinski definition) is 3. The van der Waals surface area contributed by atoms with Gasteiger partial charge >= 0.3 is 6.18 Å². The van der Waals surface area contributed by atoms with Crippen LogP contribution in [0.3, 0.4) is 0 Å². The lowest BCUT2D eigenvalue weighted by Gasteiger charge is -2.09. The van der Waals surface area contributed by atoms with Crippen LogP contribution in [0.1, 0.15) is 5.82 Å². The van der Waals surface area contributed by atoms with Crippen molar-refractivity contribution in [3.8, 4) is 0 Å². The van der Waals surface area contributed by atoms with Crippen molar-refractivity contribution in [2.75, 3.05) is 6.54 Å². The van der Waals surface area contributed by atoms with Gasteiger partial charge < -0.3 is 15.6 Å². The van der Waals surface area contributed by atoms with Crippen molar-refractivity contribution >= 4 is 5.91 Å². The first-order chi connectivity index (χ1) is 7.42. The third kappa shape index (κ3) is 3.89. The summed E-state index contributed by atoms with van der Waals surface area (Å²) in [5, 5.41) is 1.76. The first kappa shape index (κ1) is 12.5. The third-order valence-corrected chi connectivity index (χ3v) is 1.78. The second kappa shape index (κ2) is 4.97. The van der Waals surface area contributed by atoms with E-state index in [-0.39, 0.29) is 13.1 Å². The molecular weight excluding hydrogens is 225 g/mol. The number of nitrogens with two attached hydrogens (primary N) is 1. The average molecular weight is 236 g/mol. The van der Waals surface area contributed by atoms with Crippen LogP contribution in [0.4, 0.5) is 13.2 Å². The number of rotatable bonds is 4. The Balaban J connectivity index is 2.46. The van der Waals surface area contributed by atoms with Crippen LogP contribution in [-0.4, -0.2) is 28.2 Å². The molecule has 90 valence electrons. The fourth-order valence-electron chi connectivity index (χ4n) is 1.08. The monoisotopic (exact) mass is 236 g/mol. The Hall–Kier alpha value is -1.57. The van der Waals surface area contributed by atoms with Crippen LogP contribution >= 0.6 is 0 Å². The molecule has 0 bridgehead atoms. The minimum absolute atomic E-state index is 0.125. The number of alkyl halides is 3. The van der Waals surface area contributed by atoms with Crippen molar-refractivity contribution in [1.29, 1.82) is 0 Å². The highest BCUT2D eigenvalue weighted by Crippen LogP contribution is 2.12. The van der Waals surface area contributed by atoms with E-state index in [0.717, 1.165) is 0 Å². The quantitative estimate of drug-likeness (QED) is 0.774. The summed E-state index contributed by atoms with van der Waals surface area (Å²) in [6.45, 7) is -1.43. The van der Waals surface area contributed by atoms with E-state index >= 15 is 0 Å². The summed E-state index contributed by atoms with van der Waals surface area (Å²) in [4.78, 5) is 15.0. The molecule has 0 atom stereocenters. The van der Waals surface area contributed by atoms with Gasteiger partial charge in [-0.3, -0.25) is 4.79 Å². The summed E-state index contributed by atoms with van der Waals surface area (Å²) in [5.74, 6) is -0.285. The Labute approximate surface area is 89.4 Å². The maximum atomic E-state index is 11.8. The molecule has 0 aliphatic heterocycles. The Morgan fingerprint density at radius 3 is 2.81 bits per heavy atom. The van der Waals surface area contributed by atoms with E-state index in [1.165, 1.54) is 17.0 Å². The number of nitrogens with zero attached hydrogens (tertiary/aromatic N) is 2. The molecule has 16 heavy (non-hydrogen) atoms. The molecule has 0 unspecified atom stereocenters. The molecule has 1 rings (SSSR count). The van der Waals surface area contributed by atoms with E-state index in [4.69, 9.17) is 5.73 Å². The van der Waals surface area contributed by atoms with Crippen molar-refractivity contribution in [1.82, 2.24) is 14.9 Å². The normalized spacial score (nSPS) is 11.5. The van der Waals surface area contributed by atoms with Gasteiger partial charge in [0.05, 0.1) is 6.54 Å². The summed E-state index contributed by atoms with van der Waals surface area (Å²) in [6.07, 6.45) is -1.49. The van der Waals surface area contributed by atoms with E-state index < -0.39 is 18.6 Å². The standard InChI is InChI=1S/C8H11F3N4O/c9-8(10,11)5-14-7(16)4-15-2-1-13-6(15)3-12/h1-2H,3-5,12H2,(H,14,16). The predicted molar refractivity (Wildman–Crippen MR) is 49.2 cm³/mol. The molecule has 0 aliphatic carbocycles. The van der Waals surface area contributed by atoms with Gasteiger partial charge in [-0.1, -0.05) is 0 Å². The first-order valence-corrected chi connectivity index (χ1v) is 4.46. The van der Waals surface area contributed by atoms with Gasteiger partial charge in [-0.05, 0) is 0 Å². The number of aromatic nitrogens is 2. The predicted octanol–water partition coefficient (Wildman–Crippen LogP) is 0.0203. The highest BCUT2D eigenvalue weighted by atomic mass is 19.4. The largest absolute Gasteiger partial charge is 0.405 e. The Bertz CT molecular complexity index is 360. The van der Waals surface area contributed by atoms with Gasteiger partial charge in [-0.15, -0.1) is 0 Å². The van der Waals surface area contributed by atoms with Crippen molar-refractivity contribution in [3.63, 3.8) is 0 Å². The molecule has 0 saturated carbocycles. The molecule has 1 aromatic rings. The van der Waals surface area contributed by atoms with Crippen LogP contribution in [0, 0.1) is 0 Å². The minimum Gasteiger partial charge on any atom is -0.345 e. The number of nitrogens with one attached hydrogen (secondary N) is 1. The van der Waals surface area contributed by atoms with E-state index in [2.05, 4.69) is 4.98 Å². The van der Waals surface area contributed by atoms with E-state index in [1.54, 1.807) is 5.32 Å². The number of carbonyl (C=O) groups is 1. The molecule has 0 aromatic carbocycles. The fourth-order valence-corrected chi connectivity index (χ4v) is 1.08. The van der Waals surface area contributed by atoms with E-state index in [0.29, 0.717) is 5.82 Å². The molecule has 1 amide bonds. The lowest BCUT2D eigenvalue weighted by Crippen LogP contribution is -2.36. The zero-order chi connectivity index (χ0) is 12.2. The zero-order valence-electron chi connectivity index (χ0n) is 8.29. The molecule has 5 nitrogen and oxygen atoms in total. The molecule has 0 radical (unpaired) electrons. The Morgan fingerprint density at radius 2 is 2.25 bits per heavy atom. The van der Waals surface area contributed by atoms with Crippen LogP contribution in [0.2, 0.25) is 0 Å². The van der Waals surface area contributed by atoms with Crippen molar-refractivity contribution < 1.29 is 18.0 Å². The van der Waals surface area contributed by atoms with Gasteiger partial charge in [0.1, 0.15) is 18.9 Å². The molecule has 0 spiro atoms. The van der Waals surface area contributed by atoms with Crippen LogP contribution in [-0.2, 0) is 17.9 Å². The summed E-state index contributed by atoms with van der Waals surface area (Å²) < 4.78 is 36.8. The van der Waals surface area contributed by atoms with Gasteiger partial charge in [0.25, 0.3) is 0 Å². The minimum atomic E-state index is -4.40. The lowest BCUT2D eigenvalue weighted by molar-refractivity contribution is -0.138.